The standard InChI is InChI=1S/C20H17N3O3/c1-12-7-9-14(10-8-12)18-11-16(23-26-18)19(24)21-13(2)20-22-15-5-3-4-6-17(15)25-20/h3-11,13H,1-2H3,(H,21,24). The maximum atomic E-state index is 12.4. The summed E-state index contributed by atoms with van der Waals surface area (Å²) in [4.78, 5) is 16.8. The number of amides is 1. The van der Waals surface area contributed by atoms with Crippen LogP contribution < -0.4 is 5.32 Å². The van der Waals surface area contributed by atoms with Crippen molar-refractivity contribution >= 4 is 17.0 Å². The molecule has 0 radical (unpaired) electrons. The van der Waals surface area contributed by atoms with Gasteiger partial charge in [-0.25, -0.2) is 4.98 Å². The summed E-state index contributed by atoms with van der Waals surface area (Å²) in [5.74, 6) is 0.647. The van der Waals surface area contributed by atoms with Crippen molar-refractivity contribution in [3.63, 3.8) is 0 Å². The van der Waals surface area contributed by atoms with Crippen molar-refractivity contribution in [3.05, 3.63) is 71.7 Å². The van der Waals surface area contributed by atoms with Crippen molar-refractivity contribution in [3.8, 4) is 11.3 Å². The van der Waals surface area contributed by atoms with Crippen molar-refractivity contribution in [1.82, 2.24) is 15.5 Å². The quantitative estimate of drug-likeness (QED) is 0.596. The van der Waals surface area contributed by atoms with E-state index in [1.54, 1.807) is 6.07 Å². The molecule has 2 heterocycles. The molecule has 130 valence electrons. The SMILES string of the molecule is Cc1ccc(-c2cc(C(=O)NC(C)c3nc4ccccc4o3)no2)cc1. The second kappa shape index (κ2) is 6.48. The minimum absolute atomic E-state index is 0.212. The minimum Gasteiger partial charge on any atom is -0.438 e. The van der Waals surface area contributed by atoms with Gasteiger partial charge in [0.15, 0.2) is 17.0 Å². The van der Waals surface area contributed by atoms with Gasteiger partial charge >= 0.3 is 0 Å². The molecule has 0 fully saturated rings. The molecule has 1 N–H and O–H groups in total. The molecule has 6 heteroatoms. The fourth-order valence-corrected chi connectivity index (χ4v) is 2.64. The molecule has 1 amide bonds. The van der Waals surface area contributed by atoms with Crippen LogP contribution in [0.15, 0.2) is 63.5 Å². The molecule has 2 aromatic heterocycles. The molecule has 26 heavy (non-hydrogen) atoms. The first-order valence-corrected chi connectivity index (χ1v) is 8.30. The molecule has 4 rings (SSSR count). The predicted octanol–water partition coefficient (Wildman–Crippen LogP) is 4.28. The van der Waals surface area contributed by atoms with E-state index in [4.69, 9.17) is 8.94 Å². The number of aryl methyl sites for hydroxylation is 1. The van der Waals surface area contributed by atoms with Gasteiger partial charge in [-0.3, -0.25) is 4.79 Å². The zero-order valence-corrected chi connectivity index (χ0v) is 14.4. The van der Waals surface area contributed by atoms with Crippen LogP contribution in [0.4, 0.5) is 0 Å². The summed E-state index contributed by atoms with van der Waals surface area (Å²) in [5.41, 5.74) is 3.68. The highest BCUT2D eigenvalue weighted by Gasteiger charge is 2.19. The largest absolute Gasteiger partial charge is 0.438 e. The number of nitrogens with zero attached hydrogens (tertiary/aromatic N) is 2. The van der Waals surface area contributed by atoms with Crippen molar-refractivity contribution in [1.29, 1.82) is 0 Å². The Morgan fingerprint density at radius 2 is 1.88 bits per heavy atom. The van der Waals surface area contributed by atoms with E-state index in [0.29, 0.717) is 17.2 Å². The van der Waals surface area contributed by atoms with Gasteiger partial charge in [-0.15, -0.1) is 0 Å². The second-order valence-electron chi connectivity index (χ2n) is 6.16. The molecule has 0 aliphatic carbocycles. The number of nitrogens with one attached hydrogen (secondary N) is 1. The topological polar surface area (TPSA) is 81.2 Å². The van der Waals surface area contributed by atoms with Crippen LogP contribution in [0, 0.1) is 6.92 Å². The maximum Gasteiger partial charge on any atom is 0.274 e. The predicted molar refractivity (Wildman–Crippen MR) is 96.6 cm³/mol. The van der Waals surface area contributed by atoms with Gasteiger partial charge in [0.2, 0.25) is 5.89 Å². The van der Waals surface area contributed by atoms with Gasteiger partial charge in [-0.05, 0) is 26.0 Å². The van der Waals surface area contributed by atoms with Gasteiger partial charge in [0.05, 0.1) is 0 Å². The zero-order valence-electron chi connectivity index (χ0n) is 14.4. The lowest BCUT2D eigenvalue weighted by molar-refractivity contribution is 0.0925. The Bertz CT molecular complexity index is 1030. The summed E-state index contributed by atoms with van der Waals surface area (Å²) in [5, 5.41) is 6.70. The summed E-state index contributed by atoms with van der Waals surface area (Å²) < 4.78 is 11.0. The number of carbonyl (C=O) groups excluding carboxylic acids is 1. The number of aromatic nitrogens is 2. The van der Waals surface area contributed by atoms with E-state index in [9.17, 15) is 4.79 Å². The van der Waals surface area contributed by atoms with Crippen LogP contribution in [-0.4, -0.2) is 16.0 Å². The van der Waals surface area contributed by atoms with E-state index in [1.807, 2.05) is 62.4 Å². The first kappa shape index (κ1) is 16.1. The third-order valence-electron chi connectivity index (χ3n) is 4.11. The fraction of sp³-hybridized carbons (Fsp3) is 0.150. The second-order valence-corrected chi connectivity index (χ2v) is 6.16. The molecule has 0 saturated heterocycles. The highest BCUT2D eigenvalue weighted by Crippen LogP contribution is 2.22. The summed E-state index contributed by atoms with van der Waals surface area (Å²) in [6.07, 6.45) is 0. The summed E-state index contributed by atoms with van der Waals surface area (Å²) in [6, 6.07) is 16.5. The van der Waals surface area contributed by atoms with Crippen LogP contribution in [0.5, 0.6) is 0 Å². The number of oxazole rings is 1. The van der Waals surface area contributed by atoms with Crippen LogP contribution in [0.3, 0.4) is 0 Å². The average Bonchev–Trinajstić information content (AvgIpc) is 3.29. The lowest BCUT2D eigenvalue weighted by Gasteiger charge is -2.08. The van der Waals surface area contributed by atoms with Crippen LogP contribution in [-0.2, 0) is 0 Å². The van der Waals surface area contributed by atoms with E-state index in [0.717, 1.165) is 16.6 Å². The zero-order chi connectivity index (χ0) is 18.1. The first-order chi connectivity index (χ1) is 12.6. The number of fused-ring (bicyclic) bond motifs is 1. The summed E-state index contributed by atoms with van der Waals surface area (Å²) in [6.45, 7) is 3.82. The van der Waals surface area contributed by atoms with E-state index < -0.39 is 6.04 Å². The summed E-state index contributed by atoms with van der Waals surface area (Å²) in [7, 11) is 0. The molecule has 2 aromatic carbocycles. The monoisotopic (exact) mass is 347 g/mol. The van der Waals surface area contributed by atoms with E-state index in [-0.39, 0.29) is 11.6 Å². The number of carbonyl (C=O) groups is 1. The van der Waals surface area contributed by atoms with Gasteiger partial charge in [0, 0.05) is 11.6 Å². The molecule has 4 aromatic rings. The Hall–Kier alpha value is -3.41. The Balaban J connectivity index is 1.50. The lowest BCUT2D eigenvalue weighted by atomic mass is 10.1. The number of para-hydroxylation sites is 2. The number of rotatable bonds is 4. The fourth-order valence-electron chi connectivity index (χ4n) is 2.64. The molecule has 1 atom stereocenters. The van der Waals surface area contributed by atoms with Crippen LogP contribution >= 0.6 is 0 Å². The average molecular weight is 347 g/mol. The van der Waals surface area contributed by atoms with Crippen molar-refractivity contribution in [2.24, 2.45) is 0 Å². The highest BCUT2D eigenvalue weighted by atomic mass is 16.5. The minimum atomic E-state index is -0.394. The molecule has 0 saturated carbocycles. The van der Waals surface area contributed by atoms with Crippen LogP contribution in [0.1, 0.15) is 34.9 Å². The summed E-state index contributed by atoms with van der Waals surface area (Å²) >= 11 is 0. The smallest absolute Gasteiger partial charge is 0.274 e. The highest BCUT2D eigenvalue weighted by molar-refractivity contribution is 5.93. The first-order valence-electron chi connectivity index (χ1n) is 8.30. The molecule has 6 nitrogen and oxygen atoms in total. The van der Waals surface area contributed by atoms with Gasteiger partial charge in [-0.1, -0.05) is 47.1 Å². The molecule has 1 unspecified atom stereocenters. The molecular formula is C20H17N3O3. The van der Waals surface area contributed by atoms with Crippen molar-refractivity contribution < 1.29 is 13.7 Å². The van der Waals surface area contributed by atoms with Crippen molar-refractivity contribution in [2.45, 2.75) is 19.9 Å². The van der Waals surface area contributed by atoms with Gasteiger partial charge in [0.1, 0.15) is 11.6 Å². The van der Waals surface area contributed by atoms with Crippen LogP contribution in [0.25, 0.3) is 22.4 Å². The normalized spacial score (nSPS) is 12.2. The van der Waals surface area contributed by atoms with Crippen molar-refractivity contribution in [2.75, 3.05) is 0 Å². The number of hydrogen-bond donors (Lipinski definition) is 1. The Kier molecular flexibility index (Phi) is 4.01. The van der Waals surface area contributed by atoms with E-state index in [1.165, 1.54) is 0 Å². The Morgan fingerprint density at radius 1 is 1.12 bits per heavy atom. The van der Waals surface area contributed by atoms with Gasteiger partial charge in [-0.2, -0.15) is 0 Å². The molecule has 0 bridgehead atoms. The Labute approximate surface area is 149 Å². The van der Waals surface area contributed by atoms with E-state index >= 15 is 0 Å². The number of benzene rings is 2. The third-order valence-corrected chi connectivity index (χ3v) is 4.11. The third kappa shape index (κ3) is 3.09. The van der Waals surface area contributed by atoms with E-state index in [2.05, 4.69) is 15.5 Å². The lowest BCUT2D eigenvalue weighted by Crippen LogP contribution is -2.27. The maximum absolute atomic E-state index is 12.4. The molecular weight excluding hydrogens is 330 g/mol. The molecule has 0 spiro atoms. The molecule has 0 aliphatic heterocycles. The van der Waals surface area contributed by atoms with Gasteiger partial charge < -0.3 is 14.3 Å². The van der Waals surface area contributed by atoms with Crippen LogP contribution in [0.2, 0.25) is 0 Å². The molecule has 0 aliphatic rings. The number of hydrogen-bond acceptors (Lipinski definition) is 5. The van der Waals surface area contributed by atoms with Gasteiger partial charge in [0.25, 0.3) is 5.91 Å². The Morgan fingerprint density at radius 3 is 2.65 bits per heavy atom.